The first-order valence-corrected chi connectivity index (χ1v) is 5.00. The van der Waals surface area contributed by atoms with Gasteiger partial charge in [0.25, 0.3) is 0 Å². The molecule has 0 aliphatic carbocycles. The topological polar surface area (TPSA) is 26.3 Å². The van der Waals surface area contributed by atoms with Crippen LogP contribution in [0.15, 0.2) is 0 Å². The zero-order valence-corrected chi connectivity index (χ0v) is 7.82. The first kappa shape index (κ1) is 9.07. The van der Waals surface area contributed by atoms with Crippen LogP contribution in [0.25, 0.3) is 0 Å². The highest BCUT2D eigenvalue weighted by Gasteiger charge is 2.29. The summed E-state index contributed by atoms with van der Waals surface area (Å²) in [4.78, 5) is 11.2. The molecule has 0 aromatic rings. The number of Topliss-reactive ketones (excluding diaryl/α,β-unsaturated/α-hetero) is 1. The van der Waals surface area contributed by atoms with Crippen molar-refractivity contribution in [2.45, 2.75) is 6.92 Å². The van der Waals surface area contributed by atoms with Crippen LogP contribution in [-0.4, -0.2) is 31.0 Å². The van der Waals surface area contributed by atoms with Crippen LogP contribution in [0.5, 0.6) is 0 Å². The molecule has 1 heterocycles. The van der Waals surface area contributed by atoms with Gasteiger partial charge in [0.2, 0.25) is 0 Å². The second-order valence-corrected chi connectivity index (χ2v) is 4.05. The average Bonchev–Trinajstić information content (AvgIpc) is 2.36. The number of ether oxygens (including phenoxy) is 1. The molecule has 0 N–H and O–H groups in total. The molecule has 2 nitrogen and oxygen atoms in total. The predicted octanol–water partition coefficient (Wildman–Crippen LogP) is 1.20. The Kier molecular flexibility index (Phi) is 3.40. The van der Waals surface area contributed by atoms with E-state index >= 15 is 0 Å². The first-order valence-electron chi connectivity index (χ1n) is 3.85. The molecule has 1 saturated heterocycles. The fraction of sp³-hybridized carbons (Fsp3) is 0.875. The van der Waals surface area contributed by atoms with E-state index in [1.807, 2.05) is 0 Å². The fourth-order valence-electron chi connectivity index (χ4n) is 1.35. The molecule has 1 aliphatic rings. The van der Waals surface area contributed by atoms with Crippen molar-refractivity contribution in [2.75, 3.05) is 25.2 Å². The maximum absolute atomic E-state index is 11.2. The van der Waals surface area contributed by atoms with Crippen LogP contribution in [0.2, 0.25) is 0 Å². The summed E-state index contributed by atoms with van der Waals surface area (Å²) >= 11 is 1.74. The minimum Gasteiger partial charge on any atom is -0.384 e. The molecule has 64 valence electrons. The molecule has 0 spiro atoms. The van der Waals surface area contributed by atoms with Gasteiger partial charge in [0, 0.05) is 25.4 Å². The van der Waals surface area contributed by atoms with Crippen LogP contribution in [0.1, 0.15) is 6.92 Å². The number of carbonyl (C=O) groups excluding carboxylic acids is 1. The van der Waals surface area contributed by atoms with Crippen molar-refractivity contribution in [2.24, 2.45) is 11.8 Å². The van der Waals surface area contributed by atoms with Crippen LogP contribution in [0.3, 0.4) is 0 Å². The van der Waals surface area contributed by atoms with Crippen molar-refractivity contribution < 1.29 is 9.53 Å². The molecule has 0 radical (unpaired) electrons. The zero-order chi connectivity index (χ0) is 8.27. The van der Waals surface area contributed by atoms with Crippen LogP contribution < -0.4 is 0 Å². The first-order chi connectivity index (χ1) is 5.25. The van der Waals surface area contributed by atoms with Crippen molar-refractivity contribution in [3.8, 4) is 0 Å². The highest BCUT2D eigenvalue weighted by molar-refractivity contribution is 8.00. The Morgan fingerprint density at radius 3 is 3.00 bits per heavy atom. The number of hydrogen-bond acceptors (Lipinski definition) is 3. The number of carbonyl (C=O) groups is 1. The van der Waals surface area contributed by atoms with Crippen molar-refractivity contribution >= 4 is 17.5 Å². The fourth-order valence-corrected chi connectivity index (χ4v) is 2.65. The van der Waals surface area contributed by atoms with E-state index in [9.17, 15) is 4.79 Å². The summed E-state index contributed by atoms with van der Waals surface area (Å²) in [5.41, 5.74) is 0. The lowest BCUT2D eigenvalue weighted by atomic mass is 9.93. The summed E-state index contributed by atoms with van der Waals surface area (Å²) in [6, 6.07) is 0. The summed E-state index contributed by atoms with van der Waals surface area (Å²) in [6.07, 6.45) is 0. The van der Waals surface area contributed by atoms with E-state index in [2.05, 4.69) is 6.92 Å². The molecule has 0 aromatic carbocycles. The van der Waals surface area contributed by atoms with Gasteiger partial charge < -0.3 is 4.74 Å². The van der Waals surface area contributed by atoms with E-state index in [0.717, 1.165) is 5.75 Å². The second-order valence-electron chi connectivity index (χ2n) is 3.02. The SMILES string of the molecule is COCC(C)C1CSCC1=O. The van der Waals surface area contributed by atoms with Gasteiger partial charge in [0.1, 0.15) is 5.78 Å². The van der Waals surface area contributed by atoms with Gasteiger partial charge in [-0.05, 0) is 5.92 Å². The van der Waals surface area contributed by atoms with E-state index in [4.69, 9.17) is 4.74 Å². The average molecular weight is 174 g/mol. The number of thioether (sulfide) groups is 1. The Morgan fingerprint density at radius 2 is 2.55 bits per heavy atom. The van der Waals surface area contributed by atoms with Gasteiger partial charge in [-0.25, -0.2) is 0 Å². The summed E-state index contributed by atoms with van der Waals surface area (Å²) < 4.78 is 5.00. The third-order valence-electron chi connectivity index (χ3n) is 2.07. The van der Waals surface area contributed by atoms with Gasteiger partial charge in [-0.3, -0.25) is 4.79 Å². The van der Waals surface area contributed by atoms with E-state index in [1.165, 1.54) is 0 Å². The predicted molar refractivity (Wildman–Crippen MR) is 46.9 cm³/mol. The molecular weight excluding hydrogens is 160 g/mol. The van der Waals surface area contributed by atoms with E-state index < -0.39 is 0 Å². The monoisotopic (exact) mass is 174 g/mol. The standard InChI is InChI=1S/C8H14O2S/c1-6(3-10-2)7-4-11-5-8(7)9/h6-7H,3-5H2,1-2H3. The Bertz CT molecular complexity index is 147. The number of hydrogen-bond donors (Lipinski definition) is 0. The molecule has 0 aromatic heterocycles. The molecule has 0 bridgehead atoms. The summed E-state index contributed by atoms with van der Waals surface area (Å²) in [5.74, 6) is 2.74. The molecule has 1 fully saturated rings. The number of rotatable bonds is 3. The van der Waals surface area contributed by atoms with Crippen molar-refractivity contribution in [1.82, 2.24) is 0 Å². The quantitative estimate of drug-likeness (QED) is 0.643. The van der Waals surface area contributed by atoms with Gasteiger partial charge in [-0.15, -0.1) is 0 Å². The minimum absolute atomic E-state index is 0.250. The molecule has 0 saturated carbocycles. The van der Waals surface area contributed by atoms with Crippen LogP contribution in [0, 0.1) is 11.8 Å². The minimum atomic E-state index is 0.250. The lowest BCUT2D eigenvalue weighted by Crippen LogP contribution is -2.23. The largest absolute Gasteiger partial charge is 0.384 e. The van der Waals surface area contributed by atoms with Gasteiger partial charge in [-0.1, -0.05) is 6.92 Å². The maximum Gasteiger partial charge on any atom is 0.146 e. The Labute approximate surface area is 71.7 Å². The van der Waals surface area contributed by atoms with Crippen molar-refractivity contribution in [3.05, 3.63) is 0 Å². The van der Waals surface area contributed by atoms with Crippen molar-refractivity contribution in [1.29, 1.82) is 0 Å². The third-order valence-corrected chi connectivity index (χ3v) is 3.16. The smallest absolute Gasteiger partial charge is 0.146 e. The van der Waals surface area contributed by atoms with E-state index in [-0.39, 0.29) is 5.92 Å². The van der Waals surface area contributed by atoms with Crippen LogP contribution >= 0.6 is 11.8 Å². The van der Waals surface area contributed by atoms with Crippen LogP contribution in [0.4, 0.5) is 0 Å². The van der Waals surface area contributed by atoms with Crippen molar-refractivity contribution in [3.63, 3.8) is 0 Å². The molecule has 1 aliphatic heterocycles. The number of methoxy groups -OCH3 is 1. The summed E-state index contributed by atoms with van der Waals surface area (Å²) in [5, 5.41) is 0. The molecule has 0 amide bonds. The van der Waals surface area contributed by atoms with Crippen LogP contribution in [-0.2, 0) is 9.53 Å². The van der Waals surface area contributed by atoms with Gasteiger partial charge >= 0.3 is 0 Å². The summed E-state index contributed by atoms with van der Waals surface area (Å²) in [6.45, 7) is 2.79. The van der Waals surface area contributed by atoms with Gasteiger partial charge in [0.15, 0.2) is 0 Å². The van der Waals surface area contributed by atoms with E-state index in [0.29, 0.717) is 24.1 Å². The molecule has 1 rings (SSSR count). The second kappa shape index (κ2) is 4.12. The Balaban J connectivity index is 2.39. The molecule has 11 heavy (non-hydrogen) atoms. The normalized spacial score (nSPS) is 27.5. The third kappa shape index (κ3) is 2.20. The molecule has 2 unspecified atom stereocenters. The van der Waals surface area contributed by atoms with E-state index in [1.54, 1.807) is 18.9 Å². The van der Waals surface area contributed by atoms with Gasteiger partial charge in [-0.2, -0.15) is 11.8 Å². The Hall–Kier alpha value is -0.0200. The highest BCUT2D eigenvalue weighted by Crippen LogP contribution is 2.26. The summed E-state index contributed by atoms with van der Waals surface area (Å²) in [7, 11) is 1.68. The molecule has 2 atom stereocenters. The molecule has 3 heteroatoms. The molecular formula is C8H14O2S. The van der Waals surface area contributed by atoms with Gasteiger partial charge in [0.05, 0.1) is 5.75 Å². The lowest BCUT2D eigenvalue weighted by molar-refractivity contribution is -0.120. The Morgan fingerprint density at radius 1 is 1.82 bits per heavy atom. The number of ketones is 1. The highest BCUT2D eigenvalue weighted by atomic mass is 32.2. The maximum atomic E-state index is 11.2. The lowest BCUT2D eigenvalue weighted by Gasteiger charge is -2.15. The zero-order valence-electron chi connectivity index (χ0n) is 7.00.